The average Bonchev–Trinajstić information content (AvgIpc) is 3.28. The molecule has 0 saturated carbocycles. The van der Waals surface area contributed by atoms with E-state index in [2.05, 4.69) is 14.9 Å². The maximum absolute atomic E-state index is 13.3. The first-order chi connectivity index (χ1) is 14.8. The third-order valence-corrected chi connectivity index (χ3v) is 7.48. The summed E-state index contributed by atoms with van der Waals surface area (Å²) in [4.78, 5) is 17.2. The molecule has 0 radical (unpaired) electrons. The zero-order chi connectivity index (χ0) is 22.0. The van der Waals surface area contributed by atoms with Gasteiger partial charge in [0.05, 0.1) is 16.3 Å². The second-order valence-electron chi connectivity index (χ2n) is 8.34. The van der Waals surface area contributed by atoms with E-state index in [1.807, 2.05) is 30.0 Å². The van der Waals surface area contributed by atoms with Crippen molar-refractivity contribution < 1.29 is 13.2 Å². The summed E-state index contributed by atoms with van der Waals surface area (Å²) in [6.07, 6.45) is 2.02. The Morgan fingerprint density at radius 3 is 2.35 bits per heavy atom. The van der Waals surface area contributed by atoms with Crippen molar-refractivity contribution in [2.75, 3.05) is 48.9 Å². The molecule has 2 aliphatic heterocycles. The van der Waals surface area contributed by atoms with Crippen LogP contribution in [0.25, 0.3) is 0 Å². The van der Waals surface area contributed by atoms with Crippen LogP contribution >= 0.6 is 0 Å². The number of rotatable bonds is 5. The van der Waals surface area contributed by atoms with E-state index in [9.17, 15) is 13.2 Å². The predicted molar refractivity (Wildman–Crippen MR) is 123 cm³/mol. The van der Waals surface area contributed by atoms with Crippen LogP contribution in [0.15, 0.2) is 41.3 Å². The van der Waals surface area contributed by atoms with Crippen LogP contribution in [-0.4, -0.2) is 58.5 Å². The lowest BCUT2D eigenvalue weighted by Crippen LogP contribution is -2.43. The lowest BCUT2D eigenvalue weighted by atomic mass is 10.1. The number of aryl methyl sites for hydroxylation is 2. The number of anilines is 2. The van der Waals surface area contributed by atoms with Crippen LogP contribution in [0.2, 0.25) is 0 Å². The monoisotopic (exact) mass is 442 g/mol. The Morgan fingerprint density at radius 2 is 1.68 bits per heavy atom. The van der Waals surface area contributed by atoms with E-state index in [1.54, 1.807) is 25.1 Å². The molecule has 0 atom stereocenters. The summed E-state index contributed by atoms with van der Waals surface area (Å²) >= 11 is 0. The zero-order valence-corrected chi connectivity index (χ0v) is 19.0. The number of piperazine rings is 1. The molecule has 0 unspecified atom stereocenters. The zero-order valence-electron chi connectivity index (χ0n) is 18.1. The summed E-state index contributed by atoms with van der Waals surface area (Å²) in [6, 6.07) is 10.7. The normalized spacial score (nSPS) is 17.1. The van der Waals surface area contributed by atoms with Gasteiger partial charge in [-0.1, -0.05) is 17.7 Å². The predicted octanol–water partition coefficient (Wildman–Crippen LogP) is 2.75. The van der Waals surface area contributed by atoms with Crippen LogP contribution < -0.4 is 14.9 Å². The minimum atomic E-state index is -3.80. The first kappa shape index (κ1) is 21.6. The molecule has 2 heterocycles. The summed E-state index contributed by atoms with van der Waals surface area (Å²) in [5, 5.41) is 3.32. The highest BCUT2D eigenvalue weighted by Crippen LogP contribution is 2.31. The second kappa shape index (κ2) is 8.88. The van der Waals surface area contributed by atoms with Crippen LogP contribution in [0.3, 0.4) is 0 Å². The van der Waals surface area contributed by atoms with Gasteiger partial charge in [0.2, 0.25) is 0 Å². The molecule has 2 N–H and O–H groups in total. The van der Waals surface area contributed by atoms with Gasteiger partial charge >= 0.3 is 0 Å². The molecule has 7 nitrogen and oxygen atoms in total. The fraction of sp³-hybridized carbons (Fsp3) is 0.435. The van der Waals surface area contributed by atoms with Crippen molar-refractivity contribution in [3.8, 4) is 0 Å². The summed E-state index contributed by atoms with van der Waals surface area (Å²) in [7, 11) is -3.80. The van der Waals surface area contributed by atoms with Gasteiger partial charge in [0, 0.05) is 44.8 Å². The quantitative estimate of drug-likeness (QED) is 0.744. The molecule has 2 aromatic carbocycles. The summed E-state index contributed by atoms with van der Waals surface area (Å²) < 4.78 is 29.3. The van der Waals surface area contributed by atoms with Crippen molar-refractivity contribution in [2.45, 2.75) is 31.6 Å². The Bertz CT molecular complexity index is 1070. The third-order valence-electron chi connectivity index (χ3n) is 5.96. The van der Waals surface area contributed by atoms with E-state index >= 15 is 0 Å². The van der Waals surface area contributed by atoms with Gasteiger partial charge in [-0.05, 0) is 56.5 Å². The van der Waals surface area contributed by atoms with Crippen LogP contribution in [0.5, 0.6) is 0 Å². The number of carbonyl (C=O) groups is 1. The van der Waals surface area contributed by atoms with Crippen molar-refractivity contribution in [1.29, 1.82) is 0 Å². The van der Waals surface area contributed by atoms with E-state index < -0.39 is 10.0 Å². The molecule has 0 bridgehead atoms. The lowest BCUT2D eigenvalue weighted by Gasteiger charge is -2.31. The van der Waals surface area contributed by atoms with Gasteiger partial charge in [-0.2, -0.15) is 0 Å². The topological polar surface area (TPSA) is 81.8 Å². The fourth-order valence-corrected chi connectivity index (χ4v) is 5.63. The van der Waals surface area contributed by atoms with Gasteiger partial charge in [-0.25, -0.2) is 8.42 Å². The maximum atomic E-state index is 13.3. The van der Waals surface area contributed by atoms with Crippen molar-refractivity contribution in [2.24, 2.45) is 0 Å². The Labute approximate surface area is 184 Å². The van der Waals surface area contributed by atoms with Crippen molar-refractivity contribution in [3.63, 3.8) is 0 Å². The molecule has 8 heteroatoms. The van der Waals surface area contributed by atoms with Crippen LogP contribution in [0.4, 0.5) is 11.4 Å². The van der Waals surface area contributed by atoms with E-state index in [0.717, 1.165) is 63.4 Å². The van der Waals surface area contributed by atoms with Gasteiger partial charge < -0.3 is 15.1 Å². The molecule has 166 valence electrons. The molecular formula is C23H30N4O3S. The number of nitrogens with zero attached hydrogens (tertiary/aromatic N) is 2. The Morgan fingerprint density at radius 1 is 0.968 bits per heavy atom. The molecule has 2 fully saturated rings. The van der Waals surface area contributed by atoms with Crippen molar-refractivity contribution >= 4 is 27.3 Å². The molecule has 1 amide bonds. The molecular weight excluding hydrogens is 412 g/mol. The second-order valence-corrected chi connectivity index (χ2v) is 9.99. The van der Waals surface area contributed by atoms with E-state index in [4.69, 9.17) is 0 Å². The maximum Gasteiger partial charge on any atom is 0.262 e. The molecule has 2 aromatic rings. The average molecular weight is 443 g/mol. The van der Waals surface area contributed by atoms with Gasteiger partial charge in [-0.3, -0.25) is 9.52 Å². The van der Waals surface area contributed by atoms with Crippen LogP contribution in [0.1, 0.15) is 34.3 Å². The number of nitrogens with one attached hydrogen (secondary N) is 2. The minimum Gasteiger partial charge on any atom is -0.367 e. The molecule has 0 aromatic heterocycles. The highest BCUT2D eigenvalue weighted by atomic mass is 32.2. The van der Waals surface area contributed by atoms with Crippen molar-refractivity contribution in [1.82, 2.24) is 10.2 Å². The fourth-order valence-electron chi connectivity index (χ4n) is 4.34. The largest absolute Gasteiger partial charge is 0.367 e. The summed E-state index contributed by atoms with van der Waals surface area (Å²) in [5.74, 6) is -0.0451. The smallest absolute Gasteiger partial charge is 0.262 e. The standard InChI is InChI=1S/C23H30N4O3S/c1-17-5-8-22(18(2)15-17)31(29,30)25-20-16-19(23(28)27-11-3-4-12-27)6-7-21(20)26-13-9-24-10-14-26/h5-8,15-16,24-25H,3-4,9-14H2,1-2H3. The Balaban J connectivity index is 1.71. The molecule has 0 aliphatic carbocycles. The summed E-state index contributed by atoms with van der Waals surface area (Å²) in [6.45, 7) is 8.45. The SMILES string of the molecule is Cc1ccc(S(=O)(=O)Nc2cc(C(=O)N3CCCC3)ccc2N2CCNCC2)c(C)c1. The Kier molecular flexibility index (Phi) is 6.20. The number of benzene rings is 2. The van der Waals surface area contributed by atoms with Gasteiger partial charge in [0.1, 0.15) is 0 Å². The number of sulfonamides is 1. The number of amides is 1. The number of likely N-dealkylation sites (tertiary alicyclic amines) is 1. The Hall–Kier alpha value is -2.58. The van der Waals surface area contributed by atoms with Crippen LogP contribution in [0, 0.1) is 13.8 Å². The van der Waals surface area contributed by atoms with Gasteiger partial charge in [-0.15, -0.1) is 0 Å². The van der Waals surface area contributed by atoms with Crippen LogP contribution in [-0.2, 0) is 10.0 Å². The van der Waals surface area contributed by atoms with Gasteiger partial charge in [0.15, 0.2) is 0 Å². The molecule has 31 heavy (non-hydrogen) atoms. The first-order valence-electron chi connectivity index (χ1n) is 10.8. The molecule has 4 rings (SSSR count). The molecule has 2 aliphatic rings. The number of carbonyl (C=O) groups excluding carboxylic acids is 1. The third kappa shape index (κ3) is 4.70. The summed E-state index contributed by atoms with van der Waals surface area (Å²) in [5.41, 5.74) is 3.47. The first-order valence-corrected chi connectivity index (χ1v) is 12.3. The number of hydrogen-bond donors (Lipinski definition) is 2. The highest BCUT2D eigenvalue weighted by molar-refractivity contribution is 7.92. The van der Waals surface area contributed by atoms with Crippen molar-refractivity contribution in [3.05, 3.63) is 53.1 Å². The minimum absolute atomic E-state index is 0.0451. The highest BCUT2D eigenvalue weighted by Gasteiger charge is 2.25. The van der Waals surface area contributed by atoms with E-state index in [-0.39, 0.29) is 10.8 Å². The van der Waals surface area contributed by atoms with Gasteiger partial charge in [0.25, 0.3) is 15.9 Å². The number of hydrogen-bond acceptors (Lipinski definition) is 5. The molecule has 0 spiro atoms. The van der Waals surface area contributed by atoms with E-state index in [0.29, 0.717) is 16.8 Å². The molecule has 2 saturated heterocycles. The lowest BCUT2D eigenvalue weighted by molar-refractivity contribution is 0.0793. The van der Waals surface area contributed by atoms with E-state index in [1.165, 1.54) is 0 Å².